The van der Waals surface area contributed by atoms with Crippen molar-refractivity contribution in [1.82, 2.24) is 9.97 Å². The largest absolute Gasteiger partial charge is 0.497 e. The van der Waals surface area contributed by atoms with Gasteiger partial charge in [0.15, 0.2) is 0 Å². The molecule has 0 bridgehead atoms. The van der Waals surface area contributed by atoms with E-state index in [1.165, 1.54) is 16.3 Å². The van der Waals surface area contributed by atoms with Crippen molar-refractivity contribution in [3.05, 3.63) is 78.1 Å². The Morgan fingerprint density at radius 3 is 2.64 bits per heavy atom. The third-order valence-corrected chi connectivity index (χ3v) is 9.46. The second kappa shape index (κ2) is 10.8. The highest BCUT2D eigenvalue weighted by Gasteiger charge is 2.33. The molecule has 5 aromatic rings. The average Bonchev–Trinajstić information content (AvgIpc) is 2.99. The smallest absolute Gasteiger partial charge is 0.137 e. The SMILES string of the molecule is COc1ccc2nc(C)cc(N=C3CCC4Nc5ccc(Nc6cc(C)cc7ncc(OC)cc67)cc5SC4C3)c2c1. The number of nitrogens with one attached hydrogen (secondary N) is 2. The van der Waals surface area contributed by atoms with Gasteiger partial charge in [-0.15, -0.1) is 11.8 Å². The minimum atomic E-state index is 0.414. The van der Waals surface area contributed by atoms with Crippen LogP contribution in [0.2, 0.25) is 0 Å². The van der Waals surface area contributed by atoms with Crippen molar-refractivity contribution >= 4 is 62.0 Å². The number of aromatic nitrogens is 2. The van der Waals surface area contributed by atoms with Crippen LogP contribution in [0.1, 0.15) is 30.5 Å². The Morgan fingerprint density at radius 1 is 0.929 bits per heavy atom. The number of ether oxygens (including phenoxy) is 2. The first-order valence-corrected chi connectivity index (χ1v) is 15.1. The Hall–Kier alpha value is -4.30. The number of nitrogens with zero attached hydrogens (tertiary/aromatic N) is 3. The van der Waals surface area contributed by atoms with Gasteiger partial charge in [-0.3, -0.25) is 15.0 Å². The molecule has 1 aliphatic carbocycles. The van der Waals surface area contributed by atoms with Crippen LogP contribution in [-0.4, -0.2) is 41.2 Å². The molecule has 1 fully saturated rings. The number of rotatable bonds is 5. The van der Waals surface area contributed by atoms with E-state index in [4.69, 9.17) is 19.5 Å². The topological polar surface area (TPSA) is 80.7 Å². The van der Waals surface area contributed by atoms with E-state index in [-0.39, 0.29) is 0 Å². The predicted octanol–water partition coefficient (Wildman–Crippen LogP) is 8.37. The quantitative estimate of drug-likeness (QED) is 0.218. The van der Waals surface area contributed by atoms with Crippen LogP contribution in [0.25, 0.3) is 21.8 Å². The van der Waals surface area contributed by atoms with E-state index >= 15 is 0 Å². The van der Waals surface area contributed by atoms with Crippen molar-refractivity contribution < 1.29 is 9.47 Å². The zero-order valence-corrected chi connectivity index (χ0v) is 25.0. The van der Waals surface area contributed by atoms with Gasteiger partial charge in [-0.2, -0.15) is 0 Å². The number of aryl methyl sites for hydroxylation is 2. The lowest BCUT2D eigenvalue weighted by Crippen LogP contribution is -2.40. The van der Waals surface area contributed by atoms with Gasteiger partial charge >= 0.3 is 0 Å². The summed E-state index contributed by atoms with van der Waals surface area (Å²) < 4.78 is 10.9. The third-order valence-electron chi connectivity index (χ3n) is 8.07. The predicted molar refractivity (Wildman–Crippen MR) is 174 cm³/mol. The summed E-state index contributed by atoms with van der Waals surface area (Å²) in [7, 11) is 3.36. The monoisotopic (exact) mass is 575 g/mol. The summed E-state index contributed by atoms with van der Waals surface area (Å²) >= 11 is 1.96. The highest BCUT2D eigenvalue weighted by atomic mass is 32.2. The van der Waals surface area contributed by atoms with Crippen LogP contribution < -0.4 is 20.1 Å². The average molecular weight is 576 g/mol. The van der Waals surface area contributed by atoms with Crippen LogP contribution in [-0.2, 0) is 0 Å². The van der Waals surface area contributed by atoms with Crippen LogP contribution in [0, 0.1) is 13.8 Å². The maximum atomic E-state index is 5.48. The fourth-order valence-corrected chi connectivity index (χ4v) is 7.40. The summed E-state index contributed by atoms with van der Waals surface area (Å²) in [5, 5.41) is 9.96. The van der Waals surface area contributed by atoms with Crippen molar-refractivity contribution in [2.75, 3.05) is 24.9 Å². The van der Waals surface area contributed by atoms with Gasteiger partial charge < -0.3 is 20.1 Å². The number of methoxy groups -OCH3 is 2. The van der Waals surface area contributed by atoms with Crippen molar-refractivity contribution in [1.29, 1.82) is 0 Å². The number of hydrogen-bond donors (Lipinski definition) is 2. The van der Waals surface area contributed by atoms with E-state index in [1.807, 2.05) is 43.0 Å². The van der Waals surface area contributed by atoms with E-state index in [1.54, 1.807) is 20.4 Å². The number of hydrogen-bond acceptors (Lipinski definition) is 8. The van der Waals surface area contributed by atoms with E-state index < -0.39 is 0 Å². The van der Waals surface area contributed by atoms with E-state index in [2.05, 4.69) is 58.9 Å². The molecule has 2 atom stereocenters. The van der Waals surface area contributed by atoms with Gasteiger partial charge in [0.1, 0.15) is 11.5 Å². The van der Waals surface area contributed by atoms with Crippen LogP contribution in [0.5, 0.6) is 11.5 Å². The summed E-state index contributed by atoms with van der Waals surface area (Å²) in [5.41, 5.74) is 9.50. The fourth-order valence-electron chi connectivity index (χ4n) is 5.98. The number of anilines is 3. The molecule has 7 nitrogen and oxygen atoms in total. The number of aliphatic imine (C=N–C) groups is 1. The second-order valence-corrected chi connectivity index (χ2v) is 12.4. The molecule has 1 saturated carbocycles. The van der Waals surface area contributed by atoms with E-state index in [0.29, 0.717) is 11.3 Å². The van der Waals surface area contributed by atoms with Gasteiger partial charge in [-0.25, -0.2) is 0 Å². The summed E-state index contributed by atoms with van der Waals surface area (Å²) in [6, 6.07) is 21.4. The lowest BCUT2D eigenvalue weighted by atomic mass is 9.92. The molecule has 3 aromatic carbocycles. The van der Waals surface area contributed by atoms with Gasteiger partial charge in [0.2, 0.25) is 0 Å². The first-order valence-electron chi connectivity index (χ1n) is 14.3. The second-order valence-electron chi connectivity index (χ2n) is 11.1. The highest BCUT2D eigenvalue weighted by Crippen LogP contribution is 2.45. The number of pyridine rings is 2. The summed E-state index contributed by atoms with van der Waals surface area (Å²) in [5.74, 6) is 1.56. The maximum Gasteiger partial charge on any atom is 0.137 e. The van der Waals surface area contributed by atoms with Gasteiger partial charge in [-0.05, 0) is 99.3 Å². The summed E-state index contributed by atoms with van der Waals surface area (Å²) in [4.78, 5) is 15.8. The molecule has 1 aliphatic heterocycles. The molecule has 2 N–H and O–H groups in total. The zero-order valence-electron chi connectivity index (χ0n) is 24.2. The number of fused-ring (bicyclic) bond motifs is 4. The molecule has 0 saturated heterocycles. The van der Waals surface area contributed by atoms with Crippen molar-refractivity contribution in [3.63, 3.8) is 0 Å². The minimum absolute atomic E-state index is 0.414. The molecule has 212 valence electrons. The van der Waals surface area contributed by atoms with E-state index in [9.17, 15) is 0 Å². The van der Waals surface area contributed by atoms with Crippen LogP contribution in [0.15, 0.2) is 76.7 Å². The molecule has 2 aliphatic rings. The highest BCUT2D eigenvalue weighted by molar-refractivity contribution is 8.00. The lowest BCUT2D eigenvalue weighted by molar-refractivity contribution is 0.414. The molecule has 42 heavy (non-hydrogen) atoms. The Labute approximate surface area is 249 Å². The van der Waals surface area contributed by atoms with Crippen molar-refractivity contribution in [3.8, 4) is 11.5 Å². The van der Waals surface area contributed by atoms with E-state index in [0.717, 1.165) is 80.9 Å². The molecule has 0 amide bonds. The Bertz CT molecular complexity index is 1870. The minimum Gasteiger partial charge on any atom is -0.497 e. The van der Waals surface area contributed by atoms with Crippen molar-refractivity contribution in [2.45, 2.75) is 49.3 Å². The molecule has 2 aromatic heterocycles. The molecular formula is C34H33N5O2S. The Balaban J connectivity index is 1.15. The number of benzene rings is 3. The fraction of sp³-hybridized carbons (Fsp3) is 0.265. The van der Waals surface area contributed by atoms with Gasteiger partial charge in [-0.1, -0.05) is 0 Å². The van der Waals surface area contributed by atoms with Crippen LogP contribution >= 0.6 is 11.8 Å². The molecular weight excluding hydrogens is 542 g/mol. The molecule has 7 rings (SSSR count). The zero-order chi connectivity index (χ0) is 28.8. The van der Waals surface area contributed by atoms with Crippen molar-refractivity contribution in [2.24, 2.45) is 4.99 Å². The maximum absolute atomic E-state index is 5.48. The molecule has 8 heteroatoms. The van der Waals surface area contributed by atoms with Gasteiger partial charge in [0.25, 0.3) is 0 Å². The Morgan fingerprint density at radius 2 is 1.79 bits per heavy atom. The molecule has 0 radical (unpaired) electrons. The Kier molecular flexibility index (Phi) is 6.86. The molecule has 2 unspecified atom stereocenters. The normalized spacial score (nSPS) is 18.8. The summed E-state index contributed by atoms with van der Waals surface area (Å²) in [6.45, 7) is 4.12. The van der Waals surface area contributed by atoms with Crippen LogP contribution in [0.4, 0.5) is 22.7 Å². The third kappa shape index (κ3) is 5.11. The standard InChI is InChI=1S/C34H33N5O2S/c1-19-11-30-26(17-24(41-4)18-35-30)31(12-19)37-21-5-8-28-33(14-21)42-34-15-22(6-9-29(34)39-28)38-32-13-20(2)36-27-10-7-23(40-3)16-25(27)32/h5,7-8,10-14,16-18,29,34,37,39H,6,9,15H2,1-4H3. The number of thioether (sulfide) groups is 1. The van der Waals surface area contributed by atoms with Gasteiger partial charge in [0, 0.05) is 55.4 Å². The molecule has 0 spiro atoms. The van der Waals surface area contributed by atoms with Crippen LogP contribution in [0.3, 0.4) is 0 Å². The first-order chi connectivity index (χ1) is 20.4. The summed E-state index contributed by atoms with van der Waals surface area (Å²) in [6.07, 6.45) is 4.75. The molecule has 3 heterocycles. The lowest BCUT2D eigenvalue weighted by Gasteiger charge is -2.38. The first kappa shape index (κ1) is 26.6. The van der Waals surface area contributed by atoms with Gasteiger partial charge in [0.05, 0.1) is 37.1 Å².